The van der Waals surface area contributed by atoms with Crippen LogP contribution in [0, 0.1) is 17.3 Å². The van der Waals surface area contributed by atoms with Gasteiger partial charge in [0.15, 0.2) is 11.5 Å². The highest BCUT2D eigenvalue weighted by Crippen LogP contribution is 2.29. The van der Waals surface area contributed by atoms with E-state index >= 15 is 0 Å². The summed E-state index contributed by atoms with van der Waals surface area (Å²) in [6.45, 7) is 6.90. The predicted molar refractivity (Wildman–Crippen MR) is 75.3 cm³/mol. The second kappa shape index (κ2) is 6.20. The van der Waals surface area contributed by atoms with Gasteiger partial charge in [0.25, 0.3) is 0 Å². The molecule has 0 spiro atoms. The maximum Gasteiger partial charge on any atom is 0.162 e. The van der Waals surface area contributed by atoms with Crippen LogP contribution in [0.2, 0.25) is 0 Å². The Kier molecular flexibility index (Phi) is 4.91. The number of methoxy groups -OCH3 is 2. The molecule has 0 amide bonds. The average Bonchev–Trinajstić information content (AvgIpc) is 2.33. The van der Waals surface area contributed by atoms with Gasteiger partial charge in [0.2, 0.25) is 0 Å². The molecule has 0 aliphatic heterocycles. The Hall–Kier alpha value is -1.82. The molecule has 0 heterocycles. The second-order valence-corrected chi connectivity index (χ2v) is 4.98. The zero-order valence-electron chi connectivity index (χ0n) is 11.8. The van der Waals surface area contributed by atoms with E-state index in [0.29, 0.717) is 12.3 Å². The van der Waals surface area contributed by atoms with Crippen molar-refractivity contribution in [3.8, 4) is 23.3 Å². The number of ether oxygens (including phenoxy) is 2. The topological polar surface area (TPSA) is 30.5 Å². The van der Waals surface area contributed by atoms with Crippen molar-refractivity contribution in [1.82, 2.24) is 0 Å². The molecule has 3 heteroatoms. The van der Waals surface area contributed by atoms with Gasteiger partial charge < -0.3 is 14.8 Å². The van der Waals surface area contributed by atoms with Crippen molar-refractivity contribution in [3.05, 3.63) is 18.2 Å². The number of anilines is 1. The zero-order valence-corrected chi connectivity index (χ0v) is 11.8. The van der Waals surface area contributed by atoms with Crippen molar-refractivity contribution in [3.63, 3.8) is 0 Å². The number of nitrogens with one attached hydrogen (secondary N) is 1. The van der Waals surface area contributed by atoms with Gasteiger partial charge in [-0.1, -0.05) is 11.8 Å². The van der Waals surface area contributed by atoms with Crippen molar-refractivity contribution in [2.45, 2.75) is 20.8 Å². The third-order valence-electron chi connectivity index (χ3n) is 2.23. The summed E-state index contributed by atoms with van der Waals surface area (Å²) >= 11 is 0. The molecule has 98 valence electrons. The summed E-state index contributed by atoms with van der Waals surface area (Å²) in [5.74, 6) is 7.72. The van der Waals surface area contributed by atoms with Crippen molar-refractivity contribution in [2.24, 2.45) is 5.41 Å². The minimum absolute atomic E-state index is 0.0410. The smallest absolute Gasteiger partial charge is 0.162 e. The fraction of sp³-hybridized carbons (Fsp3) is 0.467. The van der Waals surface area contributed by atoms with Gasteiger partial charge in [-0.25, -0.2) is 0 Å². The lowest BCUT2D eigenvalue weighted by Crippen LogP contribution is -2.03. The zero-order chi connectivity index (χ0) is 13.6. The summed E-state index contributed by atoms with van der Waals surface area (Å²) in [5, 5.41) is 3.23. The molecule has 0 radical (unpaired) electrons. The van der Waals surface area contributed by atoms with Crippen LogP contribution in [0.4, 0.5) is 5.69 Å². The minimum Gasteiger partial charge on any atom is -0.493 e. The van der Waals surface area contributed by atoms with Gasteiger partial charge in [0.1, 0.15) is 0 Å². The Labute approximate surface area is 109 Å². The lowest BCUT2D eigenvalue weighted by atomic mass is 9.98. The van der Waals surface area contributed by atoms with Crippen LogP contribution in [-0.4, -0.2) is 20.8 Å². The van der Waals surface area contributed by atoms with Crippen LogP contribution < -0.4 is 14.8 Å². The van der Waals surface area contributed by atoms with E-state index in [1.807, 2.05) is 18.2 Å². The Balaban J connectivity index is 2.65. The molecule has 0 saturated heterocycles. The van der Waals surface area contributed by atoms with Crippen LogP contribution in [0.5, 0.6) is 11.5 Å². The molecule has 1 aromatic rings. The quantitative estimate of drug-likeness (QED) is 0.829. The van der Waals surface area contributed by atoms with E-state index in [0.717, 1.165) is 11.4 Å². The fourth-order valence-corrected chi connectivity index (χ4v) is 1.40. The molecule has 1 aromatic carbocycles. The first-order chi connectivity index (χ1) is 8.46. The SMILES string of the molecule is COc1ccc(NCC#CC(C)(C)C)cc1OC. The second-order valence-electron chi connectivity index (χ2n) is 4.98. The van der Waals surface area contributed by atoms with Gasteiger partial charge in [-0.15, -0.1) is 0 Å². The van der Waals surface area contributed by atoms with Crippen molar-refractivity contribution >= 4 is 5.69 Å². The largest absolute Gasteiger partial charge is 0.493 e. The third-order valence-corrected chi connectivity index (χ3v) is 2.23. The first-order valence-electron chi connectivity index (χ1n) is 5.92. The number of rotatable bonds is 4. The summed E-state index contributed by atoms with van der Waals surface area (Å²) in [6.07, 6.45) is 0. The third kappa shape index (κ3) is 4.58. The van der Waals surface area contributed by atoms with Crippen LogP contribution in [0.1, 0.15) is 20.8 Å². The maximum absolute atomic E-state index is 5.24. The molecule has 18 heavy (non-hydrogen) atoms. The molecule has 1 rings (SSSR count). The average molecular weight is 247 g/mol. The van der Waals surface area contributed by atoms with E-state index in [1.54, 1.807) is 14.2 Å². The van der Waals surface area contributed by atoms with Gasteiger partial charge in [0.05, 0.1) is 20.8 Å². The molecular weight excluding hydrogens is 226 g/mol. The number of benzene rings is 1. The van der Waals surface area contributed by atoms with E-state index in [-0.39, 0.29) is 5.41 Å². The molecule has 0 saturated carbocycles. The summed E-state index contributed by atoms with van der Waals surface area (Å²) in [5.41, 5.74) is 1.01. The van der Waals surface area contributed by atoms with E-state index < -0.39 is 0 Å². The Morgan fingerprint density at radius 1 is 1.11 bits per heavy atom. The summed E-state index contributed by atoms with van der Waals surface area (Å²) in [4.78, 5) is 0. The van der Waals surface area contributed by atoms with Crippen LogP contribution >= 0.6 is 0 Å². The summed E-state index contributed by atoms with van der Waals surface area (Å²) in [6, 6.07) is 5.72. The minimum atomic E-state index is 0.0410. The first-order valence-corrected chi connectivity index (χ1v) is 5.92. The molecule has 0 aromatic heterocycles. The molecule has 0 aliphatic carbocycles. The molecule has 0 fully saturated rings. The highest BCUT2D eigenvalue weighted by molar-refractivity contribution is 5.55. The van der Waals surface area contributed by atoms with E-state index in [9.17, 15) is 0 Å². The maximum atomic E-state index is 5.24. The molecule has 0 atom stereocenters. The van der Waals surface area contributed by atoms with Crippen LogP contribution in [0.25, 0.3) is 0 Å². The van der Waals surface area contributed by atoms with Crippen molar-refractivity contribution in [1.29, 1.82) is 0 Å². The van der Waals surface area contributed by atoms with Gasteiger partial charge in [-0.2, -0.15) is 0 Å². The molecular formula is C15H21NO2. The Bertz CT molecular complexity index is 450. The number of hydrogen-bond acceptors (Lipinski definition) is 3. The van der Waals surface area contributed by atoms with E-state index in [2.05, 4.69) is 37.9 Å². The van der Waals surface area contributed by atoms with Crippen LogP contribution in [0.15, 0.2) is 18.2 Å². The van der Waals surface area contributed by atoms with Crippen LogP contribution in [-0.2, 0) is 0 Å². The number of hydrogen-bond donors (Lipinski definition) is 1. The molecule has 1 N–H and O–H groups in total. The Morgan fingerprint density at radius 2 is 1.78 bits per heavy atom. The van der Waals surface area contributed by atoms with Crippen molar-refractivity contribution in [2.75, 3.05) is 26.1 Å². The molecule has 3 nitrogen and oxygen atoms in total. The lowest BCUT2D eigenvalue weighted by molar-refractivity contribution is 0.355. The Morgan fingerprint density at radius 3 is 2.33 bits per heavy atom. The molecule has 0 unspecified atom stereocenters. The standard InChI is InChI=1S/C15H21NO2/c1-15(2,3)9-6-10-16-12-7-8-13(17-4)14(11-12)18-5/h7-8,11,16H,10H2,1-5H3. The van der Waals surface area contributed by atoms with E-state index in [4.69, 9.17) is 9.47 Å². The molecule has 0 bridgehead atoms. The predicted octanol–water partition coefficient (Wildman–Crippen LogP) is 3.17. The highest BCUT2D eigenvalue weighted by Gasteiger charge is 2.04. The first kappa shape index (κ1) is 14.2. The normalized spacial score (nSPS) is 10.3. The van der Waals surface area contributed by atoms with Crippen molar-refractivity contribution < 1.29 is 9.47 Å². The lowest BCUT2D eigenvalue weighted by Gasteiger charge is -2.10. The highest BCUT2D eigenvalue weighted by atomic mass is 16.5. The van der Waals surface area contributed by atoms with Gasteiger partial charge in [-0.05, 0) is 32.9 Å². The van der Waals surface area contributed by atoms with E-state index in [1.165, 1.54) is 0 Å². The van der Waals surface area contributed by atoms with Gasteiger partial charge >= 0.3 is 0 Å². The van der Waals surface area contributed by atoms with Gasteiger partial charge in [0, 0.05) is 17.2 Å². The van der Waals surface area contributed by atoms with Gasteiger partial charge in [-0.3, -0.25) is 0 Å². The summed E-state index contributed by atoms with van der Waals surface area (Å²) in [7, 11) is 3.25. The van der Waals surface area contributed by atoms with Crippen LogP contribution in [0.3, 0.4) is 0 Å². The monoisotopic (exact) mass is 247 g/mol. The summed E-state index contributed by atoms with van der Waals surface area (Å²) < 4.78 is 10.4. The molecule has 0 aliphatic rings. The fourth-order valence-electron chi connectivity index (χ4n) is 1.40.